The van der Waals surface area contributed by atoms with Gasteiger partial charge in [-0.05, 0) is 42.7 Å². The molecule has 0 aliphatic carbocycles. The van der Waals surface area contributed by atoms with Gasteiger partial charge in [0.2, 0.25) is 0 Å². The summed E-state index contributed by atoms with van der Waals surface area (Å²) in [6.45, 7) is 3.05. The topological polar surface area (TPSA) is 68.4 Å². The number of amides is 3. The SMILES string of the molecule is CCCNC(=O)N1CCc2c([nH]c3ccccc23)[C@]12C(=O)N(C)c1ccc(Br)cc12. The monoisotopic (exact) mass is 466 g/mol. The molecule has 6 nitrogen and oxygen atoms in total. The Bertz CT molecular complexity index is 1190. The normalized spacial score (nSPS) is 20.0. The summed E-state index contributed by atoms with van der Waals surface area (Å²) in [6.07, 6.45) is 1.53. The lowest BCUT2D eigenvalue weighted by molar-refractivity contribution is -0.126. The van der Waals surface area contributed by atoms with E-state index in [4.69, 9.17) is 0 Å². The zero-order valence-electron chi connectivity index (χ0n) is 17.0. The summed E-state index contributed by atoms with van der Waals surface area (Å²) in [5.74, 6) is -0.116. The van der Waals surface area contributed by atoms with Gasteiger partial charge in [-0.1, -0.05) is 41.1 Å². The number of aromatic amines is 1. The van der Waals surface area contributed by atoms with Crippen molar-refractivity contribution >= 4 is 44.5 Å². The number of benzene rings is 2. The van der Waals surface area contributed by atoms with Gasteiger partial charge in [-0.2, -0.15) is 0 Å². The van der Waals surface area contributed by atoms with Crippen molar-refractivity contribution in [3.63, 3.8) is 0 Å². The number of carbonyl (C=O) groups is 2. The number of carbonyl (C=O) groups excluding carboxylic acids is 2. The number of likely N-dealkylation sites (N-methyl/N-ethyl adjacent to an activating group) is 1. The van der Waals surface area contributed by atoms with Gasteiger partial charge in [0.05, 0.1) is 5.69 Å². The van der Waals surface area contributed by atoms with Crippen molar-refractivity contribution in [1.29, 1.82) is 0 Å². The fourth-order valence-corrected chi connectivity index (χ4v) is 5.30. The molecule has 0 saturated heterocycles. The van der Waals surface area contributed by atoms with Crippen LogP contribution in [-0.2, 0) is 16.8 Å². The number of urea groups is 1. The second kappa shape index (κ2) is 6.87. The minimum absolute atomic E-state index is 0.116. The molecule has 7 heteroatoms. The first-order valence-corrected chi connectivity index (χ1v) is 11.0. The average molecular weight is 467 g/mol. The lowest BCUT2D eigenvalue weighted by Gasteiger charge is -2.43. The van der Waals surface area contributed by atoms with E-state index < -0.39 is 5.54 Å². The Balaban J connectivity index is 1.83. The van der Waals surface area contributed by atoms with Crippen LogP contribution in [0.3, 0.4) is 0 Å². The zero-order chi connectivity index (χ0) is 21.0. The molecule has 3 amide bonds. The van der Waals surface area contributed by atoms with E-state index in [1.54, 1.807) is 16.8 Å². The molecule has 2 aliphatic heterocycles. The van der Waals surface area contributed by atoms with Gasteiger partial charge in [0.15, 0.2) is 5.54 Å². The molecule has 3 heterocycles. The molecule has 0 fully saturated rings. The van der Waals surface area contributed by atoms with Crippen LogP contribution >= 0.6 is 15.9 Å². The van der Waals surface area contributed by atoms with Crippen LogP contribution in [-0.4, -0.2) is 42.0 Å². The van der Waals surface area contributed by atoms with Crippen LogP contribution in [0.2, 0.25) is 0 Å². The van der Waals surface area contributed by atoms with E-state index in [0.717, 1.165) is 44.3 Å². The van der Waals surface area contributed by atoms with Gasteiger partial charge in [0.1, 0.15) is 0 Å². The fourth-order valence-electron chi connectivity index (χ4n) is 4.94. The minimum atomic E-state index is -1.21. The molecule has 154 valence electrons. The van der Waals surface area contributed by atoms with E-state index >= 15 is 0 Å². The van der Waals surface area contributed by atoms with Crippen molar-refractivity contribution in [1.82, 2.24) is 15.2 Å². The Morgan fingerprint density at radius 1 is 1.27 bits per heavy atom. The van der Waals surface area contributed by atoms with Crippen LogP contribution in [0.15, 0.2) is 46.9 Å². The van der Waals surface area contributed by atoms with Crippen LogP contribution in [0, 0.1) is 0 Å². The summed E-state index contributed by atoms with van der Waals surface area (Å²) >= 11 is 3.57. The van der Waals surface area contributed by atoms with Crippen LogP contribution in [0.25, 0.3) is 10.9 Å². The smallest absolute Gasteiger partial charge is 0.318 e. The number of nitrogens with one attached hydrogen (secondary N) is 2. The summed E-state index contributed by atoms with van der Waals surface area (Å²) in [5, 5.41) is 4.10. The van der Waals surface area contributed by atoms with E-state index in [1.807, 2.05) is 43.3 Å². The predicted octanol–water partition coefficient (Wildman–Crippen LogP) is 4.13. The van der Waals surface area contributed by atoms with Crippen molar-refractivity contribution in [2.45, 2.75) is 25.3 Å². The van der Waals surface area contributed by atoms with Crippen molar-refractivity contribution < 1.29 is 9.59 Å². The summed E-state index contributed by atoms with van der Waals surface area (Å²) in [5.41, 5.74) is 3.33. The van der Waals surface area contributed by atoms with Crippen molar-refractivity contribution in [2.24, 2.45) is 0 Å². The molecular weight excluding hydrogens is 444 g/mol. The molecule has 30 heavy (non-hydrogen) atoms. The number of hydrogen-bond acceptors (Lipinski definition) is 2. The largest absolute Gasteiger partial charge is 0.355 e. The first-order valence-electron chi connectivity index (χ1n) is 10.2. The number of para-hydroxylation sites is 1. The maximum absolute atomic E-state index is 13.9. The Hall–Kier alpha value is -2.80. The number of aromatic nitrogens is 1. The Labute approximate surface area is 183 Å². The molecule has 2 N–H and O–H groups in total. The average Bonchev–Trinajstić information content (AvgIpc) is 3.23. The van der Waals surface area contributed by atoms with Crippen molar-refractivity contribution in [3.8, 4) is 0 Å². The van der Waals surface area contributed by atoms with Gasteiger partial charge >= 0.3 is 6.03 Å². The molecule has 0 radical (unpaired) electrons. The number of nitrogens with zero attached hydrogens (tertiary/aromatic N) is 2. The van der Waals surface area contributed by atoms with Crippen LogP contribution in [0.4, 0.5) is 10.5 Å². The zero-order valence-corrected chi connectivity index (χ0v) is 18.5. The fraction of sp³-hybridized carbons (Fsp3) is 0.304. The van der Waals surface area contributed by atoms with E-state index in [9.17, 15) is 9.59 Å². The third-order valence-corrected chi connectivity index (χ3v) is 6.75. The number of fused-ring (bicyclic) bond motifs is 6. The predicted molar refractivity (Wildman–Crippen MR) is 121 cm³/mol. The first-order chi connectivity index (χ1) is 14.5. The van der Waals surface area contributed by atoms with Gasteiger partial charge in [0.25, 0.3) is 5.91 Å². The minimum Gasteiger partial charge on any atom is -0.355 e. The van der Waals surface area contributed by atoms with Crippen molar-refractivity contribution in [3.05, 3.63) is 63.8 Å². The van der Waals surface area contributed by atoms with E-state index in [1.165, 1.54) is 0 Å². The third-order valence-electron chi connectivity index (χ3n) is 6.26. The second-order valence-corrected chi connectivity index (χ2v) is 8.81. The molecule has 2 aliphatic rings. The Kier molecular flexibility index (Phi) is 4.39. The summed E-state index contributed by atoms with van der Waals surface area (Å²) in [6, 6.07) is 13.7. The quantitative estimate of drug-likeness (QED) is 0.595. The molecule has 0 saturated carbocycles. The molecule has 1 atom stereocenters. The van der Waals surface area contributed by atoms with E-state index in [-0.39, 0.29) is 11.9 Å². The highest BCUT2D eigenvalue weighted by Gasteiger charge is 2.60. The molecule has 1 aromatic heterocycles. The molecule has 0 unspecified atom stereocenters. The summed E-state index contributed by atoms with van der Waals surface area (Å²) in [4.78, 5) is 34.2. The lowest BCUT2D eigenvalue weighted by atomic mass is 9.80. The highest BCUT2D eigenvalue weighted by atomic mass is 79.9. The number of anilines is 1. The third kappa shape index (κ3) is 2.41. The molecule has 3 aromatic rings. The molecule has 1 spiro atoms. The first kappa shape index (κ1) is 19.2. The number of rotatable bonds is 2. The van der Waals surface area contributed by atoms with Gasteiger partial charge in [-0.3, -0.25) is 4.79 Å². The van der Waals surface area contributed by atoms with Crippen LogP contribution in [0.5, 0.6) is 0 Å². The molecular formula is C23H23BrN4O2. The molecule has 0 bridgehead atoms. The van der Waals surface area contributed by atoms with Gasteiger partial charge < -0.3 is 20.1 Å². The summed E-state index contributed by atoms with van der Waals surface area (Å²) < 4.78 is 0.876. The van der Waals surface area contributed by atoms with Gasteiger partial charge in [-0.25, -0.2) is 4.79 Å². The van der Waals surface area contributed by atoms with Gasteiger partial charge in [-0.15, -0.1) is 0 Å². The van der Waals surface area contributed by atoms with Crippen LogP contribution in [0.1, 0.15) is 30.2 Å². The maximum Gasteiger partial charge on any atom is 0.318 e. The van der Waals surface area contributed by atoms with E-state index in [0.29, 0.717) is 19.5 Å². The second-order valence-electron chi connectivity index (χ2n) is 7.89. The van der Waals surface area contributed by atoms with Gasteiger partial charge in [0, 0.05) is 46.8 Å². The number of halogens is 1. The Morgan fingerprint density at radius 3 is 2.87 bits per heavy atom. The van der Waals surface area contributed by atoms with Crippen LogP contribution < -0.4 is 10.2 Å². The number of H-pyrrole nitrogens is 1. The van der Waals surface area contributed by atoms with Crippen molar-refractivity contribution in [2.75, 3.05) is 25.0 Å². The highest BCUT2D eigenvalue weighted by Crippen LogP contribution is 2.52. The lowest BCUT2D eigenvalue weighted by Crippen LogP contribution is -2.61. The summed E-state index contributed by atoms with van der Waals surface area (Å²) in [7, 11) is 1.78. The Morgan fingerprint density at radius 2 is 2.07 bits per heavy atom. The maximum atomic E-state index is 13.9. The number of hydrogen-bond donors (Lipinski definition) is 2. The standard InChI is InChI=1S/C23H23BrN4O2/c1-3-11-25-22(30)28-12-10-16-15-6-4-5-7-18(15)26-20(16)23(28)17-13-14(24)8-9-19(17)27(2)21(23)29/h4-9,13,26H,3,10-12H2,1-2H3,(H,25,30)/t23-/m1/s1. The highest BCUT2D eigenvalue weighted by molar-refractivity contribution is 9.10. The molecule has 5 rings (SSSR count). The molecule has 2 aromatic carbocycles. The van der Waals surface area contributed by atoms with E-state index in [2.05, 4.69) is 32.3 Å².